The number of hydrogen-bond donors (Lipinski definition) is 2. The first-order chi connectivity index (χ1) is 16.2. The van der Waals surface area contributed by atoms with Gasteiger partial charge in [0, 0.05) is 16.3 Å². The molecular weight excluding hydrogens is 478 g/mol. The average molecular weight is 496 g/mol. The Morgan fingerprint density at radius 2 is 1.74 bits per heavy atom. The topological polar surface area (TPSA) is 118 Å². The molecule has 0 aliphatic heterocycles. The highest BCUT2D eigenvalue weighted by Gasteiger charge is 2.14. The lowest BCUT2D eigenvalue weighted by Gasteiger charge is -2.09. The summed E-state index contributed by atoms with van der Waals surface area (Å²) < 4.78 is 32.8. The van der Waals surface area contributed by atoms with E-state index in [1.165, 1.54) is 54.9 Å². The number of halogens is 1. The monoisotopic (exact) mass is 495 g/mol. The van der Waals surface area contributed by atoms with Crippen LogP contribution in [0.15, 0.2) is 92.2 Å². The summed E-state index contributed by atoms with van der Waals surface area (Å²) in [5, 5.41) is 4.50. The Bertz CT molecular complexity index is 1560. The van der Waals surface area contributed by atoms with Crippen LogP contribution in [0.25, 0.3) is 11.0 Å². The average Bonchev–Trinajstić information content (AvgIpc) is 2.81. The third-order valence-electron chi connectivity index (χ3n) is 4.86. The summed E-state index contributed by atoms with van der Waals surface area (Å²) in [6.45, 7) is 1.87. The number of hydrogen-bond acceptors (Lipinski definition) is 6. The van der Waals surface area contributed by atoms with Crippen LogP contribution >= 0.6 is 11.6 Å². The minimum atomic E-state index is -3.75. The van der Waals surface area contributed by atoms with Gasteiger partial charge in [0.2, 0.25) is 5.43 Å². The molecule has 3 aromatic carbocycles. The van der Waals surface area contributed by atoms with E-state index in [0.29, 0.717) is 21.7 Å². The molecule has 0 unspecified atom stereocenters. The SMILES string of the molecule is Cc1ccc(S(=O)(=O)Nc2ccc(C(=O)N/N=C\c3coc4ccc(Cl)cc4c3=O)cc2)cc1. The number of carbonyl (C=O) groups excluding carboxylic acids is 1. The van der Waals surface area contributed by atoms with E-state index in [4.69, 9.17) is 16.0 Å². The van der Waals surface area contributed by atoms with Gasteiger partial charge in [-0.3, -0.25) is 14.3 Å². The van der Waals surface area contributed by atoms with Crippen molar-refractivity contribution < 1.29 is 17.6 Å². The van der Waals surface area contributed by atoms with Crippen molar-refractivity contribution in [2.24, 2.45) is 5.10 Å². The number of carbonyl (C=O) groups is 1. The van der Waals surface area contributed by atoms with E-state index < -0.39 is 15.9 Å². The van der Waals surface area contributed by atoms with Crippen LogP contribution in [0.1, 0.15) is 21.5 Å². The third kappa shape index (κ3) is 5.16. The largest absolute Gasteiger partial charge is 0.463 e. The molecule has 10 heteroatoms. The lowest BCUT2D eigenvalue weighted by molar-refractivity contribution is 0.0955. The molecule has 0 bridgehead atoms. The first-order valence-electron chi connectivity index (χ1n) is 9.97. The zero-order valence-corrected chi connectivity index (χ0v) is 19.4. The van der Waals surface area contributed by atoms with Gasteiger partial charge in [-0.25, -0.2) is 13.8 Å². The van der Waals surface area contributed by atoms with Crippen molar-refractivity contribution in [3.8, 4) is 0 Å². The Labute approximate surface area is 199 Å². The van der Waals surface area contributed by atoms with Gasteiger partial charge < -0.3 is 4.42 Å². The van der Waals surface area contributed by atoms with Crippen LogP contribution < -0.4 is 15.6 Å². The Hall–Kier alpha value is -3.95. The van der Waals surface area contributed by atoms with Crippen LogP contribution in [0.4, 0.5) is 5.69 Å². The van der Waals surface area contributed by atoms with E-state index in [2.05, 4.69) is 15.2 Å². The molecule has 0 atom stereocenters. The van der Waals surface area contributed by atoms with Gasteiger partial charge in [-0.05, 0) is 61.5 Å². The van der Waals surface area contributed by atoms with Crippen LogP contribution in [-0.4, -0.2) is 20.5 Å². The van der Waals surface area contributed by atoms with Crippen molar-refractivity contribution in [1.29, 1.82) is 0 Å². The molecule has 8 nitrogen and oxygen atoms in total. The van der Waals surface area contributed by atoms with Crippen molar-refractivity contribution >= 4 is 50.4 Å². The molecule has 4 rings (SSSR count). The molecule has 0 radical (unpaired) electrons. The molecule has 0 fully saturated rings. The van der Waals surface area contributed by atoms with Crippen LogP contribution in [0.5, 0.6) is 0 Å². The molecule has 0 spiro atoms. The summed E-state index contributed by atoms with van der Waals surface area (Å²) in [6, 6.07) is 17.0. The quantitative estimate of drug-likeness (QED) is 0.305. The minimum Gasteiger partial charge on any atom is -0.463 e. The van der Waals surface area contributed by atoms with Crippen LogP contribution in [0.3, 0.4) is 0 Å². The van der Waals surface area contributed by atoms with Gasteiger partial charge in [0.05, 0.1) is 22.1 Å². The number of amides is 1. The van der Waals surface area contributed by atoms with Gasteiger partial charge in [-0.15, -0.1) is 0 Å². The number of hydrazone groups is 1. The number of anilines is 1. The zero-order valence-electron chi connectivity index (χ0n) is 17.8. The van der Waals surface area contributed by atoms with E-state index in [0.717, 1.165) is 5.56 Å². The summed E-state index contributed by atoms with van der Waals surface area (Å²) >= 11 is 5.93. The first-order valence-corrected chi connectivity index (χ1v) is 11.8. The molecule has 172 valence electrons. The molecule has 0 saturated heterocycles. The Kier molecular flexibility index (Phi) is 6.49. The summed E-state index contributed by atoms with van der Waals surface area (Å²) in [6.07, 6.45) is 2.41. The molecule has 1 aromatic heterocycles. The molecule has 1 amide bonds. The van der Waals surface area contributed by atoms with Gasteiger partial charge >= 0.3 is 0 Å². The smallest absolute Gasteiger partial charge is 0.271 e. The van der Waals surface area contributed by atoms with Crippen LogP contribution in [0.2, 0.25) is 5.02 Å². The van der Waals surface area contributed by atoms with Crippen LogP contribution in [-0.2, 0) is 10.0 Å². The first kappa shape index (κ1) is 23.2. The van der Waals surface area contributed by atoms with Crippen molar-refractivity contribution in [1.82, 2.24) is 5.43 Å². The molecule has 0 aliphatic rings. The van der Waals surface area contributed by atoms with E-state index in [9.17, 15) is 18.0 Å². The number of nitrogens with zero attached hydrogens (tertiary/aromatic N) is 1. The fraction of sp³-hybridized carbons (Fsp3) is 0.0417. The van der Waals surface area contributed by atoms with Gasteiger partial charge in [-0.2, -0.15) is 5.10 Å². The standard InChI is InChI=1S/C24H18ClN3O5S/c1-15-2-9-20(10-3-15)34(31,32)28-19-7-4-16(5-8-19)24(30)27-26-13-17-14-33-22-11-6-18(25)12-21(22)23(17)29/h2-14,28H,1H3,(H,27,30)/b26-13-. The fourth-order valence-electron chi connectivity index (χ4n) is 3.05. The maximum Gasteiger partial charge on any atom is 0.271 e. The van der Waals surface area contributed by atoms with Gasteiger partial charge in [0.1, 0.15) is 11.8 Å². The second kappa shape index (κ2) is 9.50. The molecule has 2 N–H and O–H groups in total. The number of sulfonamides is 1. The number of nitrogens with one attached hydrogen (secondary N) is 2. The predicted octanol–water partition coefficient (Wildman–Crippen LogP) is 4.32. The number of benzene rings is 3. The van der Waals surface area contributed by atoms with E-state index in [1.54, 1.807) is 24.3 Å². The lowest BCUT2D eigenvalue weighted by atomic mass is 10.2. The number of rotatable bonds is 6. The molecule has 4 aromatic rings. The summed E-state index contributed by atoms with van der Waals surface area (Å²) in [7, 11) is -3.75. The maximum atomic E-state index is 12.5. The van der Waals surface area contributed by atoms with Gasteiger partial charge in [-0.1, -0.05) is 29.3 Å². The van der Waals surface area contributed by atoms with E-state index >= 15 is 0 Å². The van der Waals surface area contributed by atoms with Crippen LogP contribution in [0, 0.1) is 6.92 Å². The third-order valence-corrected chi connectivity index (χ3v) is 6.49. The molecular formula is C24H18ClN3O5S. The lowest BCUT2D eigenvalue weighted by Crippen LogP contribution is -2.19. The highest BCUT2D eigenvalue weighted by atomic mass is 35.5. The second-order valence-electron chi connectivity index (χ2n) is 7.36. The van der Waals surface area contributed by atoms with Crippen molar-refractivity contribution in [2.75, 3.05) is 4.72 Å². The van der Waals surface area contributed by atoms with E-state index in [-0.39, 0.29) is 21.5 Å². The normalized spacial score (nSPS) is 11.6. The Balaban J connectivity index is 1.43. The summed E-state index contributed by atoms with van der Waals surface area (Å²) in [4.78, 5) is 25.0. The fourth-order valence-corrected chi connectivity index (χ4v) is 4.28. The zero-order chi connectivity index (χ0) is 24.3. The highest BCUT2D eigenvalue weighted by Crippen LogP contribution is 2.18. The summed E-state index contributed by atoms with van der Waals surface area (Å²) in [5.74, 6) is -0.544. The van der Waals surface area contributed by atoms with Crippen molar-refractivity contribution in [3.63, 3.8) is 0 Å². The maximum absolute atomic E-state index is 12.5. The highest BCUT2D eigenvalue weighted by molar-refractivity contribution is 7.92. The number of fused-ring (bicyclic) bond motifs is 1. The summed E-state index contributed by atoms with van der Waals surface area (Å²) in [5.41, 5.74) is 3.99. The Morgan fingerprint density at radius 3 is 2.44 bits per heavy atom. The van der Waals surface area contributed by atoms with Crippen molar-refractivity contribution in [3.05, 3.63) is 105 Å². The molecule has 34 heavy (non-hydrogen) atoms. The second-order valence-corrected chi connectivity index (χ2v) is 9.47. The van der Waals surface area contributed by atoms with Gasteiger partial charge in [0.25, 0.3) is 15.9 Å². The predicted molar refractivity (Wildman–Crippen MR) is 131 cm³/mol. The molecule has 1 heterocycles. The molecule has 0 saturated carbocycles. The van der Waals surface area contributed by atoms with Gasteiger partial charge in [0.15, 0.2) is 0 Å². The van der Waals surface area contributed by atoms with E-state index in [1.807, 2.05) is 6.92 Å². The van der Waals surface area contributed by atoms with Crippen molar-refractivity contribution in [2.45, 2.75) is 11.8 Å². The minimum absolute atomic E-state index is 0.134. The molecule has 0 aliphatic carbocycles. The number of aryl methyl sites for hydroxylation is 1. The Morgan fingerprint density at radius 1 is 1.03 bits per heavy atom.